The maximum atomic E-state index is 11.8. The molecule has 1 heterocycles. The van der Waals surface area contributed by atoms with Gasteiger partial charge >= 0.3 is 0 Å². The van der Waals surface area contributed by atoms with Crippen molar-refractivity contribution in [2.75, 3.05) is 0 Å². The quantitative estimate of drug-likeness (QED) is 0.856. The smallest absolute Gasteiger partial charge is 0.200 e. The Kier molecular flexibility index (Phi) is 2.64. The summed E-state index contributed by atoms with van der Waals surface area (Å²) in [6, 6.07) is 5.24. The second-order valence-electron chi connectivity index (χ2n) is 4.19. The fourth-order valence-corrected chi connectivity index (χ4v) is 3.63. The monoisotopic (exact) mass is 238 g/mol. The third-order valence-electron chi connectivity index (χ3n) is 2.67. The zero-order valence-corrected chi connectivity index (χ0v) is 10.1. The maximum absolute atomic E-state index is 11.8. The number of hydrogen-bond acceptors (Lipinski definition) is 3. The summed E-state index contributed by atoms with van der Waals surface area (Å²) in [7, 11) is -3.30. The summed E-state index contributed by atoms with van der Waals surface area (Å²) >= 11 is 0. The van der Waals surface area contributed by atoms with E-state index in [0.29, 0.717) is 16.9 Å². The van der Waals surface area contributed by atoms with E-state index < -0.39 is 15.9 Å². The standard InChI is InChI=1S/C12H14O3S/c1-8-4-3-5-11-12(8)10(6-9(2)13)7-16(11,14)15/h3-5,7,9,13H,6H2,1-2H3. The molecule has 2 rings (SSSR count). The van der Waals surface area contributed by atoms with Crippen LogP contribution in [0.3, 0.4) is 0 Å². The molecule has 0 radical (unpaired) electrons. The molecule has 1 aliphatic heterocycles. The zero-order valence-electron chi connectivity index (χ0n) is 9.27. The molecule has 0 spiro atoms. The molecule has 3 nitrogen and oxygen atoms in total. The van der Waals surface area contributed by atoms with Crippen LogP contribution in [0.25, 0.3) is 5.57 Å². The number of aryl methyl sites for hydroxylation is 1. The molecule has 1 atom stereocenters. The van der Waals surface area contributed by atoms with Gasteiger partial charge in [0, 0.05) is 11.0 Å². The first-order valence-corrected chi connectivity index (χ1v) is 6.70. The van der Waals surface area contributed by atoms with E-state index in [-0.39, 0.29) is 0 Å². The highest BCUT2D eigenvalue weighted by atomic mass is 32.2. The number of fused-ring (bicyclic) bond motifs is 1. The molecule has 1 unspecified atom stereocenters. The van der Waals surface area contributed by atoms with E-state index in [1.165, 1.54) is 5.41 Å². The Hall–Kier alpha value is -1.13. The molecule has 0 saturated heterocycles. The highest BCUT2D eigenvalue weighted by Crippen LogP contribution is 2.37. The van der Waals surface area contributed by atoms with Gasteiger partial charge in [-0.3, -0.25) is 0 Å². The van der Waals surface area contributed by atoms with E-state index in [9.17, 15) is 13.5 Å². The molecule has 16 heavy (non-hydrogen) atoms. The Morgan fingerprint density at radius 1 is 1.38 bits per heavy atom. The highest BCUT2D eigenvalue weighted by molar-refractivity contribution is 7.95. The van der Waals surface area contributed by atoms with Crippen LogP contribution in [0.2, 0.25) is 0 Å². The van der Waals surface area contributed by atoms with Crippen molar-refractivity contribution in [3.05, 3.63) is 34.7 Å². The Balaban J connectivity index is 2.62. The van der Waals surface area contributed by atoms with Crippen molar-refractivity contribution < 1.29 is 13.5 Å². The van der Waals surface area contributed by atoms with Gasteiger partial charge in [0.05, 0.1) is 11.0 Å². The topological polar surface area (TPSA) is 54.4 Å². The lowest BCUT2D eigenvalue weighted by Gasteiger charge is -2.09. The van der Waals surface area contributed by atoms with Crippen LogP contribution in [0.5, 0.6) is 0 Å². The van der Waals surface area contributed by atoms with E-state index in [0.717, 1.165) is 11.1 Å². The summed E-state index contributed by atoms with van der Waals surface area (Å²) in [5.41, 5.74) is 2.41. The molecule has 86 valence electrons. The second kappa shape index (κ2) is 3.71. The van der Waals surface area contributed by atoms with Gasteiger partial charge in [-0.05, 0) is 37.5 Å². The Morgan fingerprint density at radius 2 is 2.06 bits per heavy atom. The highest BCUT2D eigenvalue weighted by Gasteiger charge is 2.28. The number of benzene rings is 1. The molecule has 0 amide bonds. The normalized spacial score (nSPS) is 19.1. The summed E-state index contributed by atoms with van der Waals surface area (Å²) in [6.45, 7) is 3.54. The lowest BCUT2D eigenvalue weighted by Crippen LogP contribution is -2.01. The molecule has 0 saturated carbocycles. The second-order valence-corrected chi connectivity index (χ2v) is 5.95. The van der Waals surface area contributed by atoms with Crippen LogP contribution in [0.4, 0.5) is 0 Å². The van der Waals surface area contributed by atoms with Crippen molar-refractivity contribution in [1.82, 2.24) is 0 Å². The fraction of sp³-hybridized carbons (Fsp3) is 0.333. The summed E-state index contributed by atoms with van der Waals surface area (Å²) in [4.78, 5) is 0.364. The Labute approximate surface area is 95.3 Å². The summed E-state index contributed by atoms with van der Waals surface area (Å²) in [6.07, 6.45) is -0.163. The van der Waals surface area contributed by atoms with E-state index in [2.05, 4.69) is 0 Å². The van der Waals surface area contributed by atoms with E-state index in [1.807, 2.05) is 13.0 Å². The molecule has 1 aliphatic rings. The van der Waals surface area contributed by atoms with Crippen LogP contribution in [0.1, 0.15) is 24.5 Å². The van der Waals surface area contributed by atoms with E-state index in [1.54, 1.807) is 19.1 Å². The minimum atomic E-state index is -3.30. The van der Waals surface area contributed by atoms with Gasteiger partial charge in [0.25, 0.3) is 0 Å². The third kappa shape index (κ3) is 1.79. The SMILES string of the molecule is Cc1cccc2c1C(CC(C)O)=CS2(=O)=O. The molecular weight excluding hydrogens is 224 g/mol. The predicted octanol–water partition coefficient (Wildman–Crippen LogP) is 1.89. The fourth-order valence-electron chi connectivity index (χ4n) is 2.07. The molecule has 0 aliphatic carbocycles. The largest absolute Gasteiger partial charge is 0.393 e. The third-order valence-corrected chi connectivity index (χ3v) is 4.22. The van der Waals surface area contributed by atoms with Gasteiger partial charge in [-0.1, -0.05) is 12.1 Å². The maximum Gasteiger partial charge on any atom is 0.200 e. The lowest BCUT2D eigenvalue weighted by molar-refractivity contribution is 0.201. The van der Waals surface area contributed by atoms with Gasteiger partial charge in [-0.15, -0.1) is 0 Å². The number of aliphatic hydroxyl groups excluding tert-OH is 1. The summed E-state index contributed by atoms with van der Waals surface area (Å²) in [5, 5.41) is 10.6. The van der Waals surface area contributed by atoms with Crippen molar-refractivity contribution in [2.45, 2.75) is 31.3 Å². The van der Waals surface area contributed by atoms with Gasteiger partial charge in [0.1, 0.15) is 0 Å². The Morgan fingerprint density at radius 3 is 2.69 bits per heavy atom. The lowest BCUT2D eigenvalue weighted by atomic mass is 9.98. The van der Waals surface area contributed by atoms with Gasteiger partial charge < -0.3 is 5.11 Å². The average Bonchev–Trinajstić information content (AvgIpc) is 2.38. The van der Waals surface area contributed by atoms with Crippen molar-refractivity contribution in [1.29, 1.82) is 0 Å². The number of aliphatic hydroxyl groups is 1. The number of rotatable bonds is 2. The molecule has 0 bridgehead atoms. The minimum Gasteiger partial charge on any atom is -0.393 e. The van der Waals surface area contributed by atoms with E-state index in [4.69, 9.17) is 0 Å². The van der Waals surface area contributed by atoms with Crippen LogP contribution in [0, 0.1) is 6.92 Å². The van der Waals surface area contributed by atoms with Crippen LogP contribution in [-0.2, 0) is 9.84 Å². The average molecular weight is 238 g/mol. The first-order chi connectivity index (χ1) is 7.42. The number of hydrogen-bond donors (Lipinski definition) is 1. The van der Waals surface area contributed by atoms with Crippen molar-refractivity contribution in [3.8, 4) is 0 Å². The van der Waals surface area contributed by atoms with Crippen molar-refractivity contribution >= 4 is 15.4 Å². The van der Waals surface area contributed by atoms with Gasteiger partial charge in [-0.2, -0.15) is 0 Å². The van der Waals surface area contributed by atoms with Crippen LogP contribution >= 0.6 is 0 Å². The minimum absolute atomic E-state index is 0.364. The number of sulfone groups is 1. The predicted molar refractivity (Wildman–Crippen MR) is 62.6 cm³/mol. The van der Waals surface area contributed by atoms with Crippen LogP contribution < -0.4 is 0 Å². The zero-order chi connectivity index (χ0) is 11.9. The van der Waals surface area contributed by atoms with E-state index >= 15 is 0 Å². The van der Waals surface area contributed by atoms with Gasteiger partial charge in [-0.25, -0.2) is 8.42 Å². The van der Waals surface area contributed by atoms with Gasteiger partial charge in [0.15, 0.2) is 0 Å². The summed E-state index contributed by atoms with van der Waals surface area (Å²) < 4.78 is 23.7. The van der Waals surface area contributed by atoms with Crippen LogP contribution in [0.15, 0.2) is 28.5 Å². The Bertz CT molecular complexity index is 554. The van der Waals surface area contributed by atoms with Crippen molar-refractivity contribution in [3.63, 3.8) is 0 Å². The first-order valence-electron chi connectivity index (χ1n) is 5.15. The van der Waals surface area contributed by atoms with Crippen molar-refractivity contribution in [2.24, 2.45) is 0 Å². The molecule has 0 fully saturated rings. The molecule has 1 N–H and O–H groups in total. The molecule has 1 aromatic carbocycles. The van der Waals surface area contributed by atoms with Crippen LogP contribution in [-0.4, -0.2) is 19.6 Å². The van der Waals surface area contributed by atoms with Gasteiger partial charge in [0.2, 0.25) is 9.84 Å². The molecule has 0 aromatic heterocycles. The summed E-state index contributed by atoms with van der Waals surface area (Å²) in [5.74, 6) is 0. The first kappa shape index (κ1) is 11.4. The molecule has 4 heteroatoms. The molecule has 1 aromatic rings. The molecular formula is C12H14O3S.